The molecule has 2 fully saturated rings. The molecule has 1 aromatic carbocycles. The van der Waals surface area contributed by atoms with Crippen LogP contribution in [0.1, 0.15) is 60.9 Å². The lowest BCUT2D eigenvalue weighted by Gasteiger charge is -2.45. The van der Waals surface area contributed by atoms with Crippen LogP contribution < -0.4 is 0 Å². The molecule has 5 rings (SSSR count). The monoisotopic (exact) mass is 505 g/mol. The van der Waals surface area contributed by atoms with Gasteiger partial charge in [0.05, 0.1) is 12.2 Å². The fourth-order valence-electron chi connectivity index (χ4n) is 5.76. The van der Waals surface area contributed by atoms with Gasteiger partial charge in [-0.3, -0.25) is 14.7 Å². The van der Waals surface area contributed by atoms with E-state index in [1.165, 1.54) is 17.7 Å². The average molecular weight is 506 g/mol. The van der Waals surface area contributed by atoms with E-state index in [0.717, 1.165) is 44.6 Å². The van der Waals surface area contributed by atoms with Crippen molar-refractivity contribution >= 4 is 5.91 Å². The number of fused-ring (bicyclic) bond motifs is 1. The summed E-state index contributed by atoms with van der Waals surface area (Å²) in [6.07, 6.45) is 0.228. The van der Waals surface area contributed by atoms with E-state index in [0.29, 0.717) is 43.2 Å². The summed E-state index contributed by atoms with van der Waals surface area (Å²) in [5.74, 6) is 0.0381. The van der Waals surface area contributed by atoms with E-state index in [1.54, 1.807) is 11.8 Å². The predicted molar refractivity (Wildman–Crippen MR) is 126 cm³/mol. The highest BCUT2D eigenvalue weighted by Gasteiger charge is 2.44. The highest BCUT2D eigenvalue weighted by molar-refractivity contribution is 5.85. The summed E-state index contributed by atoms with van der Waals surface area (Å²) in [7, 11) is 0. The van der Waals surface area contributed by atoms with Gasteiger partial charge in [0.2, 0.25) is 0 Å². The molecule has 3 aliphatic rings. The van der Waals surface area contributed by atoms with E-state index in [2.05, 4.69) is 9.88 Å². The predicted octanol–water partition coefficient (Wildman–Crippen LogP) is 4.94. The first-order chi connectivity index (χ1) is 17.1. The number of alkyl halides is 3. The van der Waals surface area contributed by atoms with Crippen LogP contribution in [0.4, 0.5) is 17.6 Å². The highest BCUT2D eigenvalue weighted by atomic mass is 19.4. The SMILES string of the molecule is C[C@@]1(C(=O)N2CCc3ncc(C(F)(F)F)cc3C2)CC[C@H](N2CCC(c3ccc(F)cc3)CC2)CO1. The summed E-state index contributed by atoms with van der Waals surface area (Å²) in [4.78, 5) is 21.4. The van der Waals surface area contributed by atoms with Crippen LogP contribution in [0.25, 0.3) is 0 Å². The van der Waals surface area contributed by atoms with Crippen molar-refractivity contribution in [1.29, 1.82) is 0 Å². The summed E-state index contributed by atoms with van der Waals surface area (Å²) >= 11 is 0. The maximum absolute atomic E-state index is 13.4. The van der Waals surface area contributed by atoms with E-state index >= 15 is 0 Å². The molecule has 4 heterocycles. The number of hydrogen-bond acceptors (Lipinski definition) is 4. The highest BCUT2D eigenvalue weighted by Crippen LogP contribution is 2.35. The minimum atomic E-state index is -4.46. The molecule has 0 unspecified atom stereocenters. The number of halogens is 4. The Balaban J connectivity index is 1.16. The summed E-state index contributed by atoms with van der Waals surface area (Å²) in [6, 6.07) is 8.12. The number of carbonyl (C=O) groups is 1. The Morgan fingerprint density at radius 3 is 2.47 bits per heavy atom. The van der Waals surface area contributed by atoms with Crippen molar-refractivity contribution in [2.75, 3.05) is 26.2 Å². The number of ether oxygens (including phenoxy) is 1. The Kier molecular flexibility index (Phi) is 6.80. The quantitative estimate of drug-likeness (QED) is 0.555. The van der Waals surface area contributed by atoms with Gasteiger partial charge in [-0.2, -0.15) is 13.2 Å². The molecule has 0 aliphatic carbocycles. The molecule has 9 heteroatoms. The Bertz CT molecular complexity index is 1090. The second-order valence-corrected chi connectivity index (χ2v) is 10.4. The Labute approximate surface area is 208 Å². The third-order valence-corrected chi connectivity index (χ3v) is 8.04. The normalized spacial score (nSPS) is 26.0. The number of benzene rings is 1. The lowest BCUT2D eigenvalue weighted by molar-refractivity contribution is -0.168. The van der Waals surface area contributed by atoms with Crippen LogP contribution in [0, 0.1) is 5.82 Å². The maximum atomic E-state index is 13.4. The fraction of sp³-hybridized carbons (Fsp3) is 0.556. The van der Waals surface area contributed by atoms with Gasteiger partial charge in [-0.15, -0.1) is 0 Å². The number of rotatable bonds is 3. The largest absolute Gasteiger partial charge is 0.417 e. The van der Waals surface area contributed by atoms with Crippen LogP contribution in [0.5, 0.6) is 0 Å². The molecule has 0 bridgehead atoms. The molecule has 2 aromatic rings. The maximum Gasteiger partial charge on any atom is 0.417 e. The van der Waals surface area contributed by atoms with Crippen molar-refractivity contribution in [2.24, 2.45) is 0 Å². The van der Waals surface area contributed by atoms with Crippen LogP contribution in [-0.4, -0.2) is 58.6 Å². The van der Waals surface area contributed by atoms with Crippen molar-refractivity contribution < 1.29 is 27.1 Å². The zero-order valence-electron chi connectivity index (χ0n) is 20.4. The summed E-state index contributed by atoms with van der Waals surface area (Å²) in [6.45, 7) is 4.64. The first kappa shape index (κ1) is 25.1. The van der Waals surface area contributed by atoms with Crippen molar-refractivity contribution in [1.82, 2.24) is 14.8 Å². The molecule has 3 aliphatic heterocycles. The van der Waals surface area contributed by atoms with Gasteiger partial charge in [-0.05, 0) is 80.9 Å². The van der Waals surface area contributed by atoms with Crippen LogP contribution in [-0.2, 0) is 28.7 Å². The van der Waals surface area contributed by atoms with Crippen LogP contribution >= 0.6 is 0 Å². The number of nitrogens with zero attached hydrogens (tertiary/aromatic N) is 3. The van der Waals surface area contributed by atoms with Gasteiger partial charge >= 0.3 is 6.18 Å². The van der Waals surface area contributed by atoms with Gasteiger partial charge in [0.15, 0.2) is 0 Å². The minimum Gasteiger partial charge on any atom is -0.364 e. The molecule has 0 radical (unpaired) electrons. The first-order valence-electron chi connectivity index (χ1n) is 12.6. The minimum absolute atomic E-state index is 0.115. The van der Waals surface area contributed by atoms with Gasteiger partial charge in [0.25, 0.3) is 5.91 Å². The zero-order chi connectivity index (χ0) is 25.5. The molecule has 36 heavy (non-hydrogen) atoms. The summed E-state index contributed by atoms with van der Waals surface area (Å²) in [5.41, 5.74) is 0.475. The van der Waals surface area contributed by atoms with Crippen LogP contribution in [0.3, 0.4) is 0 Å². The van der Waals surface area contributed by atoms with E-state index < -0.39 is 17.3 Å². The number of piperidine rings is 1. The molecule has 2 atom stereocenters. The van der Waals surface area contributed by atoms with Crippen molar-refractivity contribution in [3.63, 3.8) is 0 Å². The molecule has 1 amide bonds. The molecule has 0 saturated carbocycles. The van der Waals surface area contributed by atoms with Gasteiger partial charge in [0, 0.05) is 37.4 Å². The number of likely N-dealkylation sites (tertiary alicyclic amines) is 1. The third kappa shape index (κ3) is 5.13. The van der Waals surface area contributed by atoms with E-state index in [-0.39, 0.29) is 24.3 Å². The van der Waals surface area contributed by atoms with Gasteiger partial charge in [0.1, 0.15) is 11.4 Å². The first-order valence-corrected chi connectivity index (χ1v) is 12.6. The molecule has 194 valence electrons. The fourth-order valence-corrected chi connectivity index (χ4v) is 5.76. The standard InChI is InChI=1S/C27H31F4N3O2/c1-26(25(35)34-13-9-24-20(16-34)14-21(15-32-24)27(29,30)31)10-6-23(17-36-26)33-11-7-19(8-12-33)18-2-4-22(28)5-3-18/h2-5,14-15,19,23H,6-13,16-17H2,1H3/t23-,26-/m0/s1. The summed E-state index contributed by atoms with van der Waals surface area (Å²) in [5, 5.41) is 0. The Hall–Kier alpha value is -2.52. The topological polar surface area (TPSA) is 45.7 Å². The number of aromatic nitrogens is 1. The number of hydrogen-bond donors (Lipinski definition) is 0. The molecule has 0 spiro atoms. The molecular weight excluding hydrogens is 474 g/mol. The van der Waals surface area contributed by atoms with Crippen molar-refractivity contribution in [2.45, 2.75) is 69.3 Å². The Morgan fingerprint density at radius 2 is 1.83 bits per heavy atom. The van der Waals surface area contributed by atoms with Crippen LogP contribution in [0.15, 0.2) is 36.5 Å². The van der Waals surface area contributed by atoms with Gasteiger partial charge in [-0.1, -0.05) is 12.1 Å². The van der Waals surface area contributed by atoms with E-state index in [1.807, 2.05) is 12.1 Å². The van der Waals surface area contributed by atoms with Crippen LogP contribution in [0.2, 0.25) is 0 Å². The van der Waals surface area contributed by atoms with Crippen molar-refractivity contribution in [3.8, 4) is 0 Å². The number of pyridine rings is 1. The second kappa shape index (κ2) is 9.74. The lowest BCUT2D eigenvalue weighted by Crippen LogP contribution is -2.56. The van der Waals surface area contributed by atoms with E-state index in [4.69, 9.17) is 4.74 Å². The second-order valence-electron chi connectivity index (χ2n) is 10.4. The molecule has 2 saturated heterocycles. The number of carbonyl (C=O) groups excluding carboxylic acids is 1. The molecular formula is C27H31F4N3O2. The third-order valence-electron chi connectivity index (χ3n) is 8.04. The molecule has 1 aromatic heterocycles. The summed E-state index contributed by atoms with van der Waals surface area (Å²) < 4.78 is 58.8. The average Bonchev–Trinajstić information content (AvgIpc) is 2.88. The van der Waals surface area contributed by atoms with E-state index in [9.17, 15) is 22.4 Å². The number of amides is 1. The molecule has 0 N–H and O–H groups in total. The Morgan fingerprint density at radius 1 is 1.11 bits per heavy atom. The van der Waals surface area contributed by atoms with Gasteiger partial charge < -0.3 is 9.64 Å². The van der Waals surface area contributed by atoms with Gasteiger partial charge in [-0.25, -0.2) is 4.39 Å². The lowest BCUT2D eigenvalue weighted by atomic mass is 9.87. The zero-order valence-corrected chi connectivity index (χ0v) is 20.4. The van der Waals surface area contributed by atoms with Crippen molar-refractivity contribution in [3.05, 3.63) is 64.7 Å². The smallest absolute Gasteiger partial charge is 0.364 e. The molecule has 5 nitrogen and oxygen atoms in total.